The second-order valence-electron chi connectivity index (χ2n) is 5.45. The molecule has 0 radical (unpaired) electrons. The molecule has 0 aliphatic carbocycles. The zero-order chi connectivity index (χ0) is 15.0. The largest absolute Gasteiger partial charge is 0.481 e. The summed E-state index contributed by atoms with van der Waals surface area (Å²) in [6.45, 7) is 4.71. The lowest BCUT2D eigenvalue weighted by Gasteiger charge is -2.38. The Morgan fingerprint density at radius 3 is 2.50 bits per heavy atom. The number of ether oxygens (including phenoxy) is 1. The van der Waals surface area contributed by atoms with E-state index in [1.807, 2.05) is 11.8 Å². The Balaban J connectivity index is 2.37. The van der Waals surface area contributed by atoms with E-state index < -0.39 is 11.4 Å². The van der Waals surface area contributed by atoms with Crippen LogP contribution in [0.25, 0.3) is 0 Å². The predicted octanol–water partition coefficient (Wildman–Crippen LogP) is 0.716. The van der Waals surface area contributed by atoms with Crippen LogP contribution in [0, 0.1) is 5.41 Å². The molecule has 0 saturated carbocycles. The van der Waals surface area contributed by atoms with Crippen molar-refractivity contribution < 1.29 is 19.4 Å². The number of nitrogens with zero attached hydrogens (tertiary/aromatic N) is 1. The van der Waals surface area contributed by atoms with Gasteiger partial charge in [-0.05, 0) is 32.4 Å². The third kappa shape index (κ3) is 4.76. The standard InChI is InChI=1S/C14H26N2O4/c1-3-4-14(13(18)19)5-8-16(9-6-14)11-12(17)15-7-10-20-2/h3-11H2,1-2H3,(H,15,17)(H,18,19). The van der Waals surface area contributed by atoms with Gasteiger partial charge in [0.2, 0.25) is 5.91 Å². The first-order valence-electron chi connectivity index (χ1n) is 7.25. The van der Waals surface area contributed by atoms with E-state index in [-0.39, 0.29) is 5.91 Å². The average molecular weight is 286 g/mol. The molecule has 0 bridgehead atoms. The molecule has 1 heterocycles. The van der Waals surface area contributed by atoms with Crippen LogP contribution in [0.1, 0.15) is 32.6 Å². The van der Waals surface area contributed by atoms with Crippen molar-refractivity contribution in [2.75, 3.05) is 39.9 Å². The highest BCUT2D eigenvalue weighted by atomic mass is 16.5. The number of carbonyl (C=O) groups is 2. The molecule has 1 rings (SSSR count). The van der Waals surface area contributed by atoms with Gasteiger partial charge in [-0.15, -0.1) is 0 Å². The van der Waals surface area contributed by atoms with E-state index >= 15 is 0 Å². The van der Waals surface area contributed by atoms with E-state index in [0.717, 1.165) is 12.8 Å². The molecule has 0 spiro atoms. The molecule has 1 aliphatic heterocycles. The number of hydrogen-bond acceptors (Lipinski definition) is 4. The molecule has 0 unspecified atom stereocenters. The Hall–Kier alpha value is -1.14. The molecule has 6 nitrogen and oxygen atoms in total. The van der Waals surface area contributed by atoms with Crippen molar-refractivity contribution in [1.29, 1.82) is 0 Å². The molecule has 2 N–H and O–H groups in total. The van der Waals surface area contributed by atoms with Gasteiger partial charge in [0.1, 0.15) is 0 Å². The summed E-state index contributed by atoms with van der Waals surface area (Å²) < 4.78 is 4.87. The lowest BCUT2D eigenvalue weighted by atomic mass is 9.75. The van der Waals surface area contributed by atoms with E-state index in [0.29, 0.717) is 45.6 Å². The molecule has 6 heteroatoms. The van der Waals surface area contributed by atoms with Crippen molar-refractivity contribution in [2.24, 2.45) is 5.41 Å². The molecule has 116 valence electrons. The van der Waals surface area contributed by atoms with Crippen LogP contribution in [0.2, 0.25) is 0 Å². The quantitative estimate of drug-likeness (QED) is 0.643. The smallest absolute Gasteiger partial charge is 0.309 e. The van der Waals surface area contributed by atoms with E-state index in [1.165, 1.54) is 0 Å². The van der Waals surface area contributed by atoms with Gasteiger partial charge in [0.05, 0.1) is 18.6 Å². The summed E-state index contributed by atoms with van der Waals surface area (Å²) in [4.78, 5) is 25.2. The maximum absolute atomic E-state index is 11.7. The fraction of sp³-hybridized carbons (Fsp3) is 0.857. The van der Waals surface area contributed by atoms with E-state index in [9.17, 15) is 14.7 Å². The highest BCUT2D eigenvalue weighted by Crippen LogP contribution is 2.36. The molecule has 1 amide bonds. The highest BCUT2D eigenvalue weighted by Gasteiger charge is 2.40. The van der Waals surface area contributed by atoms with Gasteiger partial charge in [0.25, 0.3) is 0 Å². The van der Waals surface area contributed by atoms with Crippen LogP contribution in [0.15, 0.2) is 0 Å². The molecule has 0 aromatic rings. The van der Waals surface area contributed by atoms with Gasteiger partial charge in [0.15, 0.2) is 0 Å². The number of carbonyl (C=O) groups excluding carboxylic acids is 1. The monoisotopic (exact) mass is 286 g/mol. The van der Waals surface area contributed by atoms with Gasteiger partial charge >= 0.3 is 5.97 Å². The van der Waals surface area contributed by atoms with Crippen molar-refractivity contribution in [3.8, 4) is 0 Å². The molecule has 20 heavy (non-hydrogen) atoms. The van der Waals surface area contributed by atoms with Gasteiger partial charge in [-0.1, -0.05) is 13.3 Å². The molecule has 1 aliphatic rings. The average Bonchev–Trinajstić information content (AvgIpc) is 2.41. The second-order valence-corrected chi connectivity index (χ2v) is 5.45. The summed E-state index contributed by atoms with van der Waals surface area (Å²) in [5.74, 6) is -0.719. The Labute approximate surface area is 120 Å². The minimum Gasteiger partial charge on any atom is -0.481 e. The van der Waals surface area contributed by atoms with Gasteiger partial charge in [-0.25, -0.2) is 0 Å². The molecule has 1 fully saturated rings. The SMILES string of the molecule is CCCC1(C(=O)O)CCN(CC(=O)NCCOC)CC1. The van der Waals surface area contributed by atoms with Gasteiger partial charge < -0.3 is 15.2 Å². The van der Waals surface area contributed by atoms with Crippen LogP contribution in [-0.2, 0) is 14.3 Å². The second kappa shape index (κ2) is 8.21. The van der Waals surface area contributed by atoms with Gasteiger partial charge in [-0.3, -0.25) is 14.5 Å². The van der Waals surface area contributed by atoms with Crippen molar-refractivity contribution >= 4 is 11.9 Å². The molecule has 0 aromatic heterocycles. The normalized spacial score (nSPS) is 18.7. The lowest BCUT2D eigenvalue weighted by molar-refractivity contribution is -0.152. The summed E-state index contributed by atoms with van der Waals surface area (Å²) in [5.41, 5.74) is -0.586. The van der Waals surface area contributed by atoms with E-state index in [1.54, 1.807) is 7.11 Å². The summed E-state index contributed by atoms with van der Waals surface area (Å²) in [7, 11) is 1.59. The minimum atomic E-state index is -0.691. The first kappa shape index (κ1) is 16.9. The zero-order valence-electron chi connectivity index (χ0n) is 12.5. The Bertz CT molecular complexity index is 325. The number of hydrogen-bond donors (Lipinski definition) is 2. The van der Waals surface area contributed by atoms with Crippen LogP contribution in [0.5, 0.6) is 0 Å². The van der Waals surface area contributed by atoms with Crippen LogP contribution in [0.3, 0.4) is 0 Å². The topological polar surface area (TPSA) is 78.9 Å². The fourth-order valence-corrected chi connectivity index (χ4v) is 2.74. The fourth-order valence-electron chi connectivity index (χ4n) is 2.74. The van der Waals surface area contributed by atoms with Crippen LogP contribution < -0.4 is 5.32 Å². The number of nitrogens with one attached hydrogen (secondary N) is 1. The summed E-state index contributed by atoms with van der Waals surface area (Å²) in [5, 5.41) is 12.2. The maximum Gasteiger partial charge on any atom is 0.309 e. The summed E-state index contributed by atoms with van der Waals surface area (Å²) in [6.07, 6.45) is 2.85. The lowest BCUT2D eigenvalue weighted by Crippen LogP contribution is -2.47. The van der Waals surface area contributed by atoms with Crippen molar-refractivity contribution in [2.45, 2.75) is 32.6 Å². The number of carboxylic acids is 1. The number of amides is 1. The Kier molecular flexibility index (Phi) is 6.95. The van der Waals surface area contributed by atoms with Crippen LogP contribution >= 0.6 is 0 Å². The summed E-state index contributed by atoms with van der Waals surface area (Å²) in [6, 6.07) is 0. The van der Waals surface area contributed by atoms with Crippen molar-refractivity contribution in [1.82, 2.24) is 10.2 Å². The maximum atomic E-state index is 11.7. The Morgan fingerprint density at radius 2 is 2.00 bits per heavy atom. The first-order chi connectivity index (χ1) is 9.54. The van der Waals surface area contributed by atoms with E-state index in [2.05, 4.69) is 5.32 Å². The number of likely N-dealkylation sites (tertiary alicyclic amines) is 1. The molecule has 0 atom stereocenters. The van der Waals surface area contributed by atoms with Gasteiger partial charge in [0, 0.05) is 13.7 Å². The summed E-state index contributed by atoms with van der Waals surface area (Å²) >= 11 is 0. The zero-order valence-corrected chi connectivity index (χ0v) is 12.5. The molecule has 0 aromatic carbocycles. The molecule has 1 saturated heterocycles. The number of piperidine rings is 1. The number of carboxylic acid groups (broad SMARTS) is 1. The van der Waals surface area contributed by atoms with Crippen LogP contribution in [0.4, 0.5) is 0 Å². The van der Waals surface area contributed by atoms with Crippen LogP contribution in [-0.4, -0.2) is 61.8 Å². The molecular weight excluding hydrogens is 260 g/mol. The number of rotatable bonds is 8. The third-order valence-electron chi connectivity index (χ3n) is 3.99. The highest BCUT2D eigenvalue weighted by molar-refractivity contribution is 5.78. The van der Waals surface area contributed by atoms with Crippen molar-refractivity contribution in [3.63, 3.8) is 0 Å². The third-order valence-corrected chi connectivity index (χ3v) is 3.99. The number of methoxy groups -OCH3 is 1. The Morgan fingerprint density at radius 1 is 1.35 bits per heavy atom. The van der Waals surface area contributed by atoms with Crippen molar-refractivity contribution in [3.05, 3.63) is 0 Å². The number of aliphatic carboxylic acids is 1. The first-order valence-corrected chi connectivity index (χ1v) is 7.25. The molecular formula is C14H26N2O4. The van der Waals surface area contributed by atoms with E-state index in [4.69, 9.17) is 4.74 Å². The predicted molar refractivity (Wildman–Crippen MR) is 75.5 cm³/mol. The van der Waals surface area contributed by atoms with Gasteiger partial charge in [-0.2, -0.15) is 0 Å². The minimum absolute atomic E-state index is 0.0274.